The van der Waals surface area contributed by atoms with E-state index < -0.39 is 0 Å². The molecule has 0 aliphatic heterocycles. The summed E-state index contributed by atoms with van der Waals surface area (Å²) in [6, 6.07) is 0. The van der Waals surface area contributed by atoms with E-state index in [4.69, 9.17) is 4.74 Å². The summed E-state index contributed by atoms with van der Waals surface area (Å²) in [7, 11) is 0. The van der Waals surface area contributed by atoms with E-state index in [2.05, 4.69) is 0 Å². The molecule has 0 atom stereocenters. The molecule has 0 N–H and O–H groups in total. The summed E-state index contributed by atoms with van der Waals surface area (Å²) in [6.45, 7) is 1.95. The Balaban J connectivity index is 2.29. The summed E-state index contributed by atoms with van der Waals surface area (Å²) in [4.78, 5) is 10.3. The van der Waals surface area contributed by atoms with Gasteiger partial charge in [0.25, 0.3) is 0 Å². The molecule has 0 saturated heterocycles. The molecule has 1 rings (SSSR count). The van der Waals surface area contributed by atoms with Gasteiger partial charge in [0.2, 0.25) is 0 Å². The minimum atomic E-state index is -0.192. The first-order valence-electron chi connectivity index (χ1n) is 2.51. The molecular weight excluding hydrogens is 219 g/mol. The van der Waals surface area contributed by atoms with Gasteiger partial charge < -0.3 is 4.74 Å². The van der Waals surface area contributed by atoms with Gasteiger partial charge in [-0.2, -0.15) is 0 Å². The van der Waals surface area contributed by atoms with Crippen LogP contribution in [0.15, 0.2) is 0 Å². The maximum absolute atomic E-state index is 10.3. The summed E-state index contributed by atoms with van der Waals surface area (Å²) >= 11 is 1.65. The number of carbonyl (C=O) groups is 1. The summed E-state index contributed by atoms with van der Waals surface area (Å²) in [5.41, 5.74) is -0.0850. The predicted molar refractivity (Wildman–Crippen MR) is 38.1 cm³/mol. The molecule has 1 saturated carbocycles. The Morgan fingerprint density at radius 2 is 2.25 bits per heavy atom. The highest BCUT2D eigenvalue weighted by atomic mass is 127. The van der Waals surface area contributed by atoms with E-state index >= 15 is 0 Å². The second-order valence-corrected chi connectivity index (χ2v) is 3.17. The van der Waals surface area contributed by atoms with E-state index in [1.165, 1.54) is 0 Å². The van der Waals surface area contributed by atoms with Gasteiger partial charge >= 0.3 is 3.98 Å². The van der Waals surface area contributed by atoms with Crippen LogP contribution in [0.4, 0.5) is 4.79 Å². The normalized spacial score (nSPS) is 22.2. The van der Waals surface area contributed by atoms with Crippen molar-refractivity contribution in [2.24, 2.45) is 0 Å². The third kappa shape index (κ3) is 1.61. The van der Waals surface area contributed by atoms with Crippen molar-refractivity contribution in [1.82, 2.24) is 0 Å². The van der Waals surface area contributed by atoms with Crippen molar-refractivity contribution < 1.29 is 9.53 Å². The fourth-order valence-corrected chi connectivity index (χ4v) is 1.00. The van der Waals surface area contributed by atoms with Crippen LogP contribution in [0.3, 0.4) is 0 Å². The lowest BCUT2D eigenvalue weighted by molar-refractivity contribution is 0.122. The molecule has 0 aromatic carbocycles. The topological polar surface area (TPSA) is 26.3 Å². The Labute approximate surface area is 61.7 Å². The molecule has 3 heteroatoms. The average molecular weight is 226 g/mol. The molecule has 1 aliphatic carbocycles. The summed E-state index contributed by atoms with van der Waals surface area (Å²) in [6.07, 6.45) is 2.06. The number of hydrogen-bond acceptors (Lipinski definition) is 2. The number of rotatable bonds is 1. The van der Waals surface area contributed by atoms with Crippen LogP contribution in [0.25, 0.3) is 0 Å². The van der Waals surface area contributed by atoms with Crippen molar-refractivity contribution in [3.8, 4) is 0 Å². The van der Waals surface area contributed by atoms with Crippen LogP contribution in [-0.2, 0) is 4.74 Å². The number of carbonyl (C=O) groups excluding carboxylic acids is 1. The van der Waals surface area contributed by atoms with Gasteiger partial charge in [0, 0.05) is 0 Å². The van der Waals surface area contributed by atoms with E-state index in [1.807, 2.05) is 6.92 Å². The van der Waals surface area contributed by atoms with Crippen LogP contribution < -0.4 is 0 Å². The molecule has 8 heavy (non-hydrogen) atoms. The summed E-state index contributed by atoms with van der Waals surface area (Å²) in [5.74, 6) is 0. The van der Waals surface area contributed by atoms with Crippen molar-refractivity contribution in [3.63, 3.8) is 0 Å². The molecule has 0 amide bonds. The minimum absolute atomic E-state index is 0.0850. The highest BCUT2D eigenvalue weighted by Gasteiger charge is 2.41. The van der Waals surface area contributed by atoms with Gasteiger partial charge in [-0.05, 0) is 19.8 Å². The SMILES string of the molecule is CC1(OC(=O)I)CC1. The molecule has 0 bridgehead atoms. The van der Waals surface area contributed by atoms with E-state index in [1.54, 1.807) is 22.6 Å². The Morgan fingerprint density at radius 1 is 1.75 bits per heavy atom. The second-order valence-electron chi connectivity index (χ2n) is 2.29. The van der Waals surface area contributed by atoms with Crippen molar-refractivity contribution in [3.05, 3.63) is 0 Å². The second kappa shape index (κ2) is 1.86. The molecule has 1 aliphatic rings. The van der Waals surface area contributed by atoms with Crippen LogP contribution in [0.1, 0.15) is 19.8 Å². The first-order valence-corrected chi connectivity index (χ1v) is 3.59. The van der Waals surface area contributed by atoms with Gasteiger partial charge in [0.05, 0.1) is 22.6 Å². The predicted octanol–water partition coefficient (Wildman–Crippen LogP) is 2.11. The molecular formula is C5H7IO2. The van der Waals surface area contributed by atoms with Crippen LogP contribution in [0.5, 0.6) is 0 Å². The van der Waals surface area contributed by atoms with Gasteiger partial charge in [-0.1, -0.05) is 0 Å². The van der Waals surface area contributed by atoms with E-state index in [-0.39, 0.29) is 9.58 Å². The monoisotopic (exact) mass is 226 g/mol. The molecule has 0 radical (unpaired) electrons. The van der Waals surface area contributed by atoms with Gasteiger partial charge in [0.1, 0.15) is 5.60 Å². The summed E-state index contributed by atoms with van der Waals surface area (Å²) < 4.78 is 4.70. The van der Waals surface area contributed by atoms with E-state index in [9.17, 15) is 4.79 Å². The molecule has 0 aromatic heterocycles. The Hall–Kier alpha value is 0.200. The van der Waals surface area contributed by atoms with Gasteiger partial charge in [-0.3, -0.25) is 0 Å². The number of hydrogen-bond donors (Lipinski definition) is 0. The lowest BCUT2D eigenvalue weighted by Gasteiger charge is -2.05. The maximum atomic E-state index is 10.3. The lowest BCUT2D eigenvalue weighted by Crippen LogP contribution is -2.08. The average Bonchev–Trinajstić information content (AvgIpc) is 2.17. The Morgan fingerprint density at radius 3 is 2.38 bits per heavy atom. The largest absolute Gasteiger partial charge is 0.452 e. The molecule has 1 fully saturated rings. The quantitative estimate of drug-likeness (QED) is 0.505. The third-order valence-electron chi connectivity index (χ3n) is 1.28. The fourth-order valence-electron chi connectivity index (χ4n) is 0.472. The molecule has 0 aromatic rings. The van der Waals surface area contributed by atoms with Crippen LogP contribution in [-0.4, -0.2) is 9.58 Å². The Bertz CT molecular complexity index is 118. The van der Waals surface area contributed by atoms with Crippen LogP contribution >= 0.6 is 22.6 Å². The minimum Gasteiger partial charge on any atom is -0.452 e. The Kier molecular flexibility index (Phi) is 1.47. The van der Waals surface area contributed by atoms with E-state index in [0.717, 1.165) is 12.8 Å². The highest BCUT2D eigenvalue weighted by Crippen LogP contribution is 2.39. The van der Waals surface area contributed by atoms with Gasteiger partial charge in [0.15, 0.2) is 0 Å². The fraction of sp³-hybridized carbons (Fsp3) is 0.800. The first-order chi connectivity index (χ1) is 3.62. The smallest absolute Gasteiger partial charge is 0.367 e. The maximum Gasteiger partial charge on any atom is 0.367 e. The molecule has 46 valence electrons. The van der Waals surface area contributed by atoms with Crippen molar-refractivity contribution >= 4 is 26.6 Å². The zero-order valence-electron chi connectivity index (χ0n) is 4.61. The molecule has 0 heterocycles. The van der Waals surface area contributed by atoms with Crippen LogP contribution in [0, 0.1) is 0 Å². The van der Waals surface area contributed by atoms with Crippen molar-refractivity contribution in [2.45, 2.75) is 25.4 Å². The molecule has 0 unspecified atom stereocenters. The molecule has 2 nitrogen and oxygen atoms in total. The number of ether oxygens (including phenoxy) is 1. The van der Waals surface area contributed by atoms with Crippen molar-refractivity contribution in [1.29, 1.82) is 0 Å². The van der Waals surface area contributed by atoms with Crippen LogP contribution in [0.2, 0.25) is 0 Å². The summed E-state index contributed by atoms with van der Waals surface area (Å²) in [5, 5.41) is 0. The first kappa shape index (κ1) is 6.32. The zero-order valence-corrected chi connectivity index (χ0v) is 6.77. The lowest BCUT2D eigenvalue weighted by atomic mass is 10.4. The number of halogens is 1. The third-order valence-corrected chi connectivity index (χ3v) is 1.50. The van der Waals surface area contributed by atoms with Crippen molar-refractivity contribution in [2.75, 3.05) is 0 Å². The zero-order chi connectivity index (χ0) is 6.20. The van der Waals surface area contributed by atoms with Gasteiger partial charge in [-0.15, -0.1) is 0 Å². The van der Waals surface area contributed by atoms with E-state index in [0.29, 0.717) is 0 Å². The highest BCUT2D eigenvalue weighted by molar-refractivity contribution is 14.1. The standard InChI is InChI=1S/C5H7IO2/c1-5(2-3-5)8-4(6)7/h2-3H2,1H3. The van der Waals surface area contributed by atoms with Gasteiger partial charge in [-0.25, -0.2) is 4.79 Å². The molecule has 0 spiro atoms.